The summed E-state index contributed by atoms with van der Waals surface area (Å²) in [5.74, 6) is 0.867. The van der Waals surface area contributed by atoms with E-state index in [0.29, 0.717) is 18.8 Å². The zero-order chi connectivity index (χ0) is 18.3. The second kappa shape index (κ2) is 6.58. The zero-order valence-electron chi connectivity index (χ0n) is 14.9. The van der Waals surface area contributed by atoms with Crippen LogP contribution in [0.15, 0.2) is 48.5 Å². The summed E-state index contributed by atoms with van der Waals surface area (Å²) in [4.78, 5) is 2.21. The first kappa shape index (κ1) is 17.3. The molecule has 0 amide bonds. The van der Waals surface area contributed by atoms with Gasteiger partial charge in [-0.3, -0.25) is 4.90 Å². The fourth-order valence-electron chi connectivity index (χ4n) is 4.87. The van der Waals surface area contributed by atoms with Crippen LogP contribution >= 0.6 is 0 Å². The van der Waals surface area contributed by atoms with Crippen LogP contribution in [-0.2, 0) is 6.54 Å². The van der Waals surface area contributed by atoms with Gasteiger partial charge in [-0.15, -0.1) is 0 Å². The molecule has 0 unspecified atom stereocenters. The molecule has 2 aromatic carbocycles. The number of methoxy groups -OCH3 is 1. The number of hydrogen-bond donors (Lipinski definition) is 3. The summed E-state index contributed by atoms with van der Waals surface area (Å²) in [6, 6.07) is 15.6. The van der Waals surface area contributed by atoms with Crippen LogP contribution in [0.1, 0.15) is 17.0 Å². The number of phenolic OH excluding ortho intramolecular Hbond substituents is 1. The fourth-order valence-corrected chi connectivity index (χ4v) is 4.87. The van der Waals surface area contributed by atoms with Crippen LogP contribution in [0.4, 0.5) is 0 Å². The summed E-state index contributed by atoms with van der Waals surface area (Å²) in [6.45, 7) is 2.06. The fraction of sp³-hybridized carbons (Fsp3) is 0.429. The molecular formula is C21H25NO4. The van der Waals surface area contributed by atoms with Gasteiger partial charge >= 0.3 is 0 Å². The largest absolute Gasteiger partial charge is 0.504 e. The van der Waals surface area contributed by atoms with E-state index >= 15 is 0 Å². The average molecular weight is 355 g/mol. The lowest BCUT2D eigenvalue weighted by Gasteiger charge is -2.17. The maximum Gasteiger partial charge on any atom is 0.160 e. The minimum absolute atomic E-state index is 0.0911. The van der Waals surface area contributed by atoms with Gasteiger partial charge in [-0.1, -0.05) is 36.4 Å². The van der Waals surface area contributed by atoms with Crippen molar-refractivity contribution in [3.63, 3.8) is 0 Å². The highest BCUT2D eigenvalue weighted by atomic mass is 16.5. The molecular weight excluding hydrogens is 330 g/mol. The summed E-state index contributed by atoms with van der Waals surface area (Å²) in [6.07, 6.45) is -0.461. The Morgan fingerprint density at radius 3 is 2.62 bits per heavy atom. The van der Waals surface area contributed by atoms with Crippen LogP contribution in [0.25, 0.3) is 0 Å². The standard InChI is InChI=1S/C21H25NO4/c1-26-18-8-7-14(9-17(18)24)10-22-11-19(25)21(13-22)16(12-23)20(21)15-5-3-2-4-6-15/h2-9,16,19-20,23-25H,10-13H2,1H3/t16-,19+,20-,21-/m1/s1. The highest BCUT2D eigenvalue weighted by Gasteiger charge is 2.70. The van der Waals surface area contributed by atoms with Crippen molar-refractivity contribution in [1.29, 1.82) is 0 Å². The van der Waals surface area contributed by atoms with E-state index in [2.05, 4.69) is 17.0 Å². The molecule has 3 N–H and O–H groups in total. The number of rotatable bonds is 5. The number of nitrogens with zero attached hydrogens (tertiary/aromatic N) is 1. The molecule has 26 heavy (non-hydrogen) atoms. The predicted octanol–water partition coefficient (Wildman–Crippen LogP) is 1.97. The molecule has 1 aliphatic heterocycles. The molecule has 2 aliphatic rings. The number of phenols is 1. The Balaban J connectivity index is 1.52. The van der Waals surface area contributed by atoms with Gasteiger partial charge in [-0.25, -0.2) is 0 Å². The van der Waals surface area contributed by atoms with Crippen LogP contribution < -0.4 is 4.74 Å². The number of aliphatic hydroxyl groups excluding tert-OH is 2. The third-order valence-electron chi connectivity index (χ3n) is 6.12. The van der Waals surface area contributed by atoms with E-state index < -0.39 is 6.10 Å². The number of aliphatic hydroxyl groups is 2. The first-order chi connectivity index (χ1) is 12.6. The van der Waals surface area contributed by atoms with E-state index in [1.165, 1.54) is 12.7 Å². The van der Waals surface area contributed by atoms with Gasteiger partial charge in [0, 0.05) is 31.7 Å². The summed E-state index contributed by atoms with van der Waals surface area (Å²) in [5, 5.41) is 30.7. The van der Waals surface area contributed by atoms with Gasteiger partial charge < -0.3 is 20.1 Å². The molecule has 138 valence electrons. The van der Waals surface area contributed by atoms with Crippen molar-refractivity contribution in [3.8, 4) is 11.5 Å². The maximum atomic E-state index is 10.8. The SMILES string of the molecule is COc1ccc(CN2C[C@H](O)[C@@]3(C2)[C@H](CO)[C@H]3c2ccccc2)cc1O. The lowest BCUT2D eigenvalue weighted by molar-refractivity contribution is 0.111. The van der Waals surface area contributed by atoms with E-state index in [1.807, 2.05) is 24.3 Å². The third kappa shape index (κ3) is 2.67. The third-order valence-corrected chi connectivity index (χ3v) is 6.12. The second-order valence-electron chi connectivity index (χ2n) is 7.48. The highest BCUT2D eigenvalue weighted by Crippen LogP contribution is 2.68. The van der Waals surface area contributed by atoms with Crippen molar-refractivity contribution in [3.05, 3.63) is 59.7 Å². The van der Waals surface area contributed by atoms with Gasteiger partial charge in [0.05, 0.1) is 13.2 Å². The number of ether oxygens (including phenoxy) is 1. The molecule has 0 aromatic heterocycles. The van der Waals surface area contributed by atoms with Crippen LogP contribution in [0.3, 0.4) is 0 Å². The molecule has 2 fully saturated rings. The predicted molar refractivity (Wildman–Crippen MR) is 98.1 cm³/mol. The lowest BCUT2D eigenvalue weighted by atomic mass is 9.95. The number of likely N-dealkylation sites (tertiary alicyclic amines) is 1. The molecule has 4 rings (SSSR count). The second-order valence-corrected chi connectivity index (χ2v) is 7.48. The van der Waals surface area contributed by atoms with E-state index in [1.54, 1.807) is 12.1 Å². The molecule has 2 aromatic rings. The molecule has 5 heteroatoms. The summed E-state index contributed by atoms with van der Waals surface area (Å²) in [7, 11) is 1.53. The van der Waals surface area contributed by atoms with Gasteiger partial charge in [0.25, 0.3) is 0 Å². The topological polar surface area (TPSA) is 73.2 Å². The van der Waals surface area contributed by atoms with Crippen molar-refractivity contribution in [2.24, 2.45) is 11.3 Å². The molecule has 4 atom stereocenters. The molecule has 1 heterocycles. The average Bonchev–Trinajstić information content (AvgIpc) is 3.19. The Kier molecular flexibility index (Phi) is 4.39. The minimum Gasteiger partial charge on any atom is -0.504 e. The summed E-state index contributed by atoms with van der Waals surface area (Å²) < 4.78 is 5.09. The van der Waals surface area contributed by atoms with Crippen molar-refractivity contribution < 1.29 is 20.1 Å². The first-order valence-corrected chi connectivity index (χ1v) is 9.02. The van der Waals surface area contributed by atoms with Gasteiger partial charge in [0.2, 0.25) is 0 Å². The van der Waals surface area contributed by atoms with E-state index in [9.17, 15) is 15.3 Å². The van der Waals surface area contributed by atoms with Crippen molar-refractivity contribution in [2.45, 2.75) is 18.6 Å². The Morgan fingerprint density at radius 1 is 1.19 bits per heavy atom. The van der Waals surface area contributed by atoms with E-state index in [-0.39, 0.29) is 29.6 Å². The molecule has 0 bridgehead atoms. The number of hydrogen-bond acceptors (Lipinski definition) is 5. The molecule has 1 saturated carbocycles. The molecule has 1 aliphatic carbocycles. The molecule has 5 nitrogen and oxygen atoms in total. The first-order valence-electron chi connectivity index (χ1n) is 9.02. The molecule has 1 saturated heterocycles. The van der Waals surface area contributed by atoms with E-state index in [4.69, 9.17) is 4.74 Å². The summed E-state index contributed by atoms with van der Waals surface area (Å²) >= 11 is 0. The van der Waals surface area contributed by atoms with Gasteiger partial charge in [-0.2, -0.15) is 0 Å². The Labute approximate surface area is 153 Å². The normalized spacial score (nSPS) is 30.7. The lowest BCUT2D eigenvalue weighted by Crippen LogP contribution is -2.23. The van der Waals surface area contributed by atoms with Crippen molar-refractivity contribution in [2.75, 3.05) is 26.8 Å². The Hall–Kier alpha value is -2.08. The zero-order valence-corrected chi connectivity index (χ0v) is 14.9. The minimum atomic E-state index is -0.461. The van der Waals surface area contributed by atoms with Crippen molar-refractivity contribution in [1.82, 2.24) is 4.90 Å². The number of benzene rings is 2. The number of β-amino-alcohol motifs (C(OH)–C–C–N with tert-alkyl or cyclic N) is 1. The maximum absolute atomic E-state index is 10.8. The van der Waals surface area contributed by atoms with Crippen LogP contribution in [0, 0.1) is 11.3 Å². The summed E-state index contributed by atoms with van der Waals surface area (Å²) in [5.41, 5.74) is 1.89. The Bertz CT molecular complexity index is 781. The quantitative estimate of drug-likeness (QED) is 0.765. The monoisotopic (exact) mass is 355 g/mol. The van der Waals surface area contributed by atoms with Crippen LogP contribution in [0.5, 0.6) is 11.5 Å². The number of aromatic hydroxyl groups is 1. The van der Waals surface area contributed by atoms with Gasteiger partial charge in [0.15, 0.2) is 11.5 Å². The van der Waals surface area contributed by atoms with Gasteiger partial charge in [-0.05, 0) is 35.1 Å². The van der Waals surface area contributed by atoms with Crippen molar-refractivity contribution >= 4 is 0 Å². The van der Waals surface area contributed by atoms with Crippen LogP contribution in [-0.4, -0.2) is 53.1 Å². The van der Waals surface area contributed by atoms with E-state index in [0.717, 1.165) is 12.1 Å². The molecule has 1 spiro atoms. The smallest absolute Gasteiger partial charge is 0.160 e. The highest BCUT2D eigenvalue weighted by molar-refractivity contribution is 5.42. The Morgan fingerprint density at radius 2 is 1.96 bits per heavy atom. The van der Waals surface area contributed by atoms with Gasteiger partial charge in [0.1, 0.15) is 0 Å². The molecule has 0 radical (unpaired) electrons. The van der Waals surface area contributed by atoms with Crippen LogP contribution in [0.2, 0.25) is 0 Å².